The Hall–Kier alpha value is -4.58. The number of hydrogen-bond donors (Lipinski definition) is 1. The SMILES string of the molecule is O=COc1cccc(-c2ccc3c4c(ccc(-c5cccc(C(=O)O)c5)c24)C(=O)C3=O)c1. The predicted octanol–water partition coefficient (Wildman–Crippen LogP) is 4.79. The number of carboxylic acids is 1. The molecule has 0 unspecified atom stereocenters. The number of carbonyl (C=O) groups is 4. The summed E-state index contributed by atoms with van der Waals surface area (Å²) in [6.45, 7) is 0.340. The normalized spacial score (nSPS) is 12.2. The Morgan fingerprint density at radius 2 is 1.25 bits per heavy atom. The van der Waals surface area contributed by atoms with E-state index in [0.29, 0.717) is 45.2 Å². The molecule has 154 valence electrons. The Labute approximate surface area is 181 Å². The van der Waals surface area contributed by atoms with Crippen LogP contribution in [0.15, 0.2) is 72.8 Å². The second-order valence-electron chi connectivity index (χ2n) is 7.36. The number of benzene rings is 4. The van der Waals surface area contributed by atoms with Gasteiger partial charge in [0, 0.05) is 16.5 Å². The average molecular weight is 422 g/mol. The lowest BCUT2D eigenvalue weighted by Gasteiger charge is -2.14. The van der Waals surface area contributed by atoms with Crippen LogP contribution in [-0.2, 0) is 4.79 Å². The van der Waals surface area contributed by atoms with Gasteiger partial charge >= 0.3 is 5.97 Å². The van der Waals surface area contributed by atoms with E-state index in [4.69, 9.17) is 4.74 Å². The third kappa shape index (κ3) is 2.89. The average Bonchev–Trinajstić information content (AvgIpc) is 3.06. The standard InChI is InChI=1S/C26H14O6/c27-13-32-17-6-2-4-15(12-17)19-8-10-21-23-20(24(28)25(21)29)9-7-18(22(19)23)14-3-1-5-16(11-14)26(30)31/h1-13H,(H,30,31). The maximum absolute atomic E-state index is 12.6. The molecular weight excluding hydrogens is 408 g/mol. The van der Waals surface area contributed by atoms with E-state index in [1.54, 1.807) is 60.7 Å². The van der Waals surface area contributed by atoms with Crippen molar-refractivity contribution in [1.29, 1.82) is 0 Å². The van der Waals surface area contributed by atoms with Crippen LogP contribution in [0.1, 0.15) is 31.1 Å². The molecule has 4 aromatic carbocycles. The van der Waals surface area contributed by atoms with Crippen LogP contribution in [-0.4, -0.2) is 29.1 Å². The Balaban J connectivity index is 1.87. The lowest BCUT2D eigenvalue weighted by Crippen LogP contribution is -2.05. The Morgan fingerprint density at radius 3 is 1.84 bits per heavy atom. The first-order valence-corrected chi connectivity index (χ1v) is 9.73. The lowest BCUT2D eigenvalue weighted by molar-refractivity contribution is -0.120. The first-order chi connectivity index (χ1) is 15.5. The third-order valence-corrected chi connectivity index (χ3v) is 5.61. The molecule has 0 amide bonds. The minimum Gasteiger partial charge on any atom is -0.478 e. The first-order valence-electron chi connectivity index (χ1n) is 9.73. The van der Waals surface area contributed by atoms with E-state index in [1.807, 2.05) is 6.07 Å². The van der Waals surface area contributed by atoms with Crippen molar-refractivity contribution in [3.05, 3.63) is 89.5 Å². The number of carboxylic acid groups (broad SMARTS) is 1. The molecule has 5 rings (SSSR count). The van der Waals surface area contributed by atoms with E-state index in [9.17, 15) is 24.3 Å². The minimum atomic E-state index is -1.05. The first kappa shape index (κ1) is 19.4. The van der Waals surface area contributed by atoms with E-state index in [1.165, 1.54) is 6.07 Å². The number of rotatable bonds is 5. The highest BCUT2D eigenvalue weighted by molar-refractivity contribution is 6.57. The van der Waals surface area contributed by atoms with E-state index in [0.717, 1.165) is 11.1 Å². The largest absolute Gasteiger partial charge is 0.478 e. The number of ketones is 2. The van der Waals surface area contributed by atoms with Gasteiger partial charge in [0.2, 0.25) is 11.6 Å². The van der Waals surface area contributed by atoms with E-state index >= 15 is 0 Å². The number of ether oxygens (including phenoxy) is 1. The second kappa shape index (κ2) is 7.28. The Bertz CT molecular complexity index is 1460. The van der Waals surface area contributed by atoms with Crippen LogP contribution in [0.25, 0.3) is 33.0 Å². The molecule has 4 aromatic rings. The van der Waals surface area contributed by atoms with E-state index in [-0.39, 0.29) is 5.56 Å². The molecule has 0 spiro atoms. The Kier molecular flexibility index (Phi) is 4.41. The van der Waals surface area contributed by atoms with Gasteiger partial charge in [-0.15, -0.1) is 0 Å². The fourth-order valence-electron chi connectivity index (χ4n) is 4.21. The van der Waals surface area contributed by atoms with E-state index < -0.39 is 17.5 Å². The summed E-state index contributed by atoms with van der Waals surface area (Å²) in [4.78, 5) is 47.4. The smallest absolute Gasteiger partial charge is 0.335 e. The molecule has 0 fully saturated rings. The summed E-state index contributed by atoms with van der Waals surface area (Å²) in [7, 11) is 0. The fraction of sp³-hybridized carbons (Fsp3) is 0. The van der Waals surface area contributed by atoms with Crippen LogP contribution in [0.3, 0.4) is 0 Å². The highest BCUT2D eigenvalue weighted by atomic mass is 16.5. The second-order valence-corrected chi connectivity index (χ2v) is 7.36. The molecule has 0 atom stereocenters. The molecule has 0 saturated carbocycles. The highest BCUT2D eigenvalue weighted by Crippen LogP contribution is 2.43. The van der Waals surface area contributed by atoms with Gasteiger partial charge in [0.1, 0.15) is 5.75 Å². The van der Waals surface area contributed by atoms with Crippen LogP contribution in [0.5, 0.6) is 5.75 Å². The van der Waals surface area contributed by atoms with Crippen molar-refractivity contribution < 1.29 is 29.0 Å². The van der Waals surface area contributed by atoms with Crippen molar-refractivity contribution in [1.82, 2.24) is 0 Å². The number of carbonyl (C=O) groups excluding carboxylic acids is 3. The van der Waals surface area contributed by atoms with Crippen molar-refractivity contribution in [2.75, 3.05) is 0 Å². The fourth-order valence-corrected chi connectivity index (χ4v) is 4.21. The lowest BCUT2D eigenvalue weighted by atomic mass is 9.88. The summed E-state index contributed by atoms with van der Waals surface area (Å²) >= 11 is 0. The minimum absolute atomic E-state index is 0.126. The van der Waals surface area contributed by atoms with Crippen LogP contribution < -0.4 is 4.74 Å². The molecule has 0 radical (unpaired) electrons. The van der Waals surface area contributed by atoms with Gasteiger partial charge in [-0.2, -0.15) is 0 Å². The molecule has 1 N–H and O–H groups in total. The zero-order valence-corrected chi connectivity index (χ0v) is 16.5. The van der Waals surface area contributed by atoms with Crippen molar-refractivity contribution >= 4 is 34.8 Å². The van der Waals surface area contributed by atoms with Gasteiger partial charge in [-0.3, -0.25) is 14.4 Å². The predicted molar refractivity (Wildman–Crippen MR) is 117 cm³/mol. The topological polar surface area (TPSA) is 97.7 Å². The van der Waals surface area contributed by atoms with Crippen LogP contribution in [0.4, 0.5) is 0 Å². The van der Waals surface area contributed by atoms with E-state index in [2.05, 4.69) is 0 Å². The maximum atomic E-state index is 12.6. The molecule has 1 aliphatic rings. The van der Waals surface area contributed by atoms with Gasteiger partial charge in [-0.05, 0) is 64.0 Å². The van der Waals surface area contributed by atoms with Crippen molar-refractivity contribution in [3.8, 4) is 28.0 Å². The molecule has 0 saturated heterocycles. The zero-order valence-electron chi connectivity index (χ0n) is 16.5. The van der Waals surface area contributed by atoms with Crippen LogP contribution in [0.2, 0.25) is 0 Å². The zero-order chi connectivity index (χ0) is 22.4. The summed E-state index contributed by atoms with van der Waals surface area (Å²) in [5, 5.41) is 10.6. The highest BCUT2D eigenvalue weighted by Gasteiger charge is 2.32. The third-order valence-electron chi connectivity index (χ3n) is 5.61. The van der Waals surface area contributed by atoms with Gasteiger partial charge in [0.15, 0.2) is 0 Å². The molecular formula is C26H14O6. The summed E-state index contributed by atoms with van der Waals surface area (Å²) in [6, 6.07) is 20.1. The summed E-state index contributed by atoms with van der Waals surface area (Å²) in [5.41, 5.74) is 3.53. The molecule has 6 heteroatoms. The van der Waals surface area contributed by atoms with Gasteiger partial charge in [0.05, 0.1) is 5.56 Å². The molecule has 1 aliphatic carbocycles. The van der Waals surface area contributed by atoms with Crippen LogP contribution in [0, 0.1) is 0 Å². The van der Waals surface area contributed by atoms with Crippen molar-refractivity contribution in [3.63, 3.8) is 0 Å². The quantitative estimate of drug-likeness (QED) is 0.367. The molecule has 32 heavy (non-hydrogen) atoms. The number of Topliss-reactive ketones (excluding diaryl/α,β-unsaturated/α-hetero) is 2. The molecule has 0 bridgehead atoms. The van der Waals surface area contributed by atoms with Crippen molar-refractivity contribution in [2.24, 2.45) is 0 Å². The van der Waals surface area contributed by atoms with Gasteiger partial charge in [0.25, 0.3) is 6.47 Å². The summed E-state index contributed by atoms with van der Waals surface area (Å²) in [6.07, 6.45) is 0. The molecule has 0 heterocycles. The van der Waals surface area contributed by atoms with Gasteiger partial charge < -0.3 is 9.84 Å². The molecule has 0 aliphatic heterocycles. The summed E-state index contributed by atoms with van der Waals surface area (Å²) < 4.78 is 4.98. The number of aromatic carboxylic acids is 1. The maximum Gasteiger partial charge on any atom is 0.335 e. The molecule has 0 aromatic heterocycles. The Morgan fingerprint density at radius 1 is 0.719 bits per heavy atom. The van der Waals surface area contributed by atoms with Crippen LogP contribution >= 0.6 is 0 Å². The van der Waals surface area contributed by atoms with Crippen molar-refractivity contribution in [2.45, 2.75) is 0 Å². The molecule has 6 nitrogen and oxygen atoms in total. The monoisotopic (exact) mass is 422 g/mol. The van der Waals surface area contributed by atoms with Gasteiger partial charge in [-0.1, -0.05) is 36.4 Å². The summed E-state index contributed by atoms with van der Waals surface area (Å²) in [5.74, 6) is -1.83. The number of hydrogen-bond acceptors (Lipinski definition) is 5. The van der Waals surface area contributed by atoms with Gasteiger partial charge in [-0.25, -0.2) is 4.79 Å².